The highest BCUT2D eigenvalue weighted by Gasteiger charge is 2.38. The second-order valence-electron chi connectivity index (χ2n) is 11.0. The molecule has 0 spiro atoms. The number of esters is 1. The van der Waals surface area contributed by atoms with Crippen molar-refractivity contribution in [2.45, 2.75) is 77.9 Å². The van der Waals surface area contributed by atoms with Crippen LogP contribution >= 0.6 is 0 Å². The van der Waals surface area contributed by atoms with Crippen LogP contribution < -0.4 is 4.84 Å². The molecule has 0 aromatic heterocycles. The summed E-state index contributed by atoms with van der Waals surface area (Å²) in [6.45, 7) is 7.29. The van der Waals surface area contributed by atoms with Crippen molar-refractivity contribution in [3.05, 3.63) is 65.7 Å². The molecule has 3 rings (SSSR count). The number of hydrogen-bond donors (Lipinski definition) is 0. The van der Waals surface area contributed by atoms with E-state index in [0.717, 1.165) is 56.1 Å². The Labute approximate surface area is 222 Å². The van der Waals surface area contributed by atoms with Gasteiger partial charge in [0.15, 0.2) is 5.75 Å². The van der Waals surface area contributed by atoms with Crippen molar-refractivity contribution in [3.63, 3.8) is 0 Å². The summed E-state index contributed by atoms with van der Waals surface area (Å²) in [5, 5.41) is 1.37. The minimum atomic E-state index is -0.348. The highest BCUT2D eigenvalue weighted by molar-refractivity contribution is 5.70. The van der Waals surface area contributed by atoms with Gasteiger partial charge < -0.3 is 9.57 Å². The number of rotatable bonds is 13. The zero-order valence-corrected chi connectivity index (χ0v) is 23.2. The highest BCUT2D eigenvalue weighted by atomic mass is 16.7. The predicted octanol–water partition coefficient (Wildman–Crippen LogP) is 6.35. The molecule has 0 unspecified atom stereocenters. The van der Waals surface area contributed by atoms with Crippen LogP contribution in [0.1, 0.15) is 76.8 Å². The number of carbonyl (C=O) groups excluding carboxylic acids is 2. The molecule has 6 heteroatoms. The summed E-state index contributed by atoms with van der Waals surface area (Å²) >= 11 is 0. The maximum absolute atomic E-state index is 12.9. The molecular weight excluding hydrogens is 464 g/mol. The van der Waals surface area contributed by atoms with Crippen LogP contribution in [0.5, 0.6) is 5.75 Å². The van der Waals surface area contributed by atoms with E-state index in [1.807, 2.05) is 48.5 Å². The molecule has 37 heavy (non-hydrogen) atoms. The lowest BCUT2D eigenvalue weighted by Crippen LogP contribution is -2.45. The minimum Gasteiger partial charge on any atom is -0.461 e. The Hall–Kier alpha value is -2.86. The number of hydroxylamine groups is 2. The lowest BCUT2D eigenvalue weighted by atomic mass is 9.71. The van der Waals surface area contributed by atoms with Gasteiger partial charge in [0.05, 0.1) is 13.0 Å². The standard InChI is InChI=1S/C31H44N2O4/c1-6-31(25(2)3,32(4)5)27-16-13-17-28(20-27)37-33(24-34)23-30(18-11-8-12-19-30)21-29(35)36-22-26-14-9-7-10-15-26/h7,9-10,13-17,20,24-25H,6,8,11-12,18-19,21-23H2,1-5H3/t31-/m0/s1. The molecule has 1 aliphatic carbocycles. The molecule has 0 bridgehead atoms. The number of nitrogens with zero attached hydrogens (tertiary/aromatic N) is 2. The first kappa shape index (κ1) is 28.7. The fourth-order valence-corrected chi connectivity index (χ4v) is 6.20. The third-order valence-electron chi connectivity index (χ3n) is 8.13. The maximum Gasteiger partial charge on any atom is 0.306 e. The van der Waals surface area contributed by atoms with Gasteiger partial charge in [0, 0.05) is 11.0 Å². The van der Waals surface area contributed by atoms with Gasteiger partial charge in [-0.1, -0.05) is 82.5 Å². The smallest absolute Gasteiger partial charge is 0.306 e. The number of ether oxygens (including phenoxy) is 1. The predicted molar refractivity (Wildman–Crippen MR) is 147 cm³/mol. The normalized spacial score (nSPS) is 16.7. The summed E-state index contributed by atoms with van der Waals surface area (Å²) in [5.74, 6) is 0.786. The number of carbonyl (C=O) groups is 2. The van der Waals surface area contributed by atoms with E-state index in [9.17, 15) is 9.59 Å². The molecule has 0 aliphatic heterocycles. The van der Waals surface area contributed by atoms with Crippen LogP contribution in [0.25, 0.3) is 0 Å². The van der Waals surface area contributed by atoms with Crippen molar-refractivity contribution >= 4 is 12.4 Å². The van der Waals surface area contributed by atoms with E-state index in [2.05, 4.69) is 45.8 Å². The van der Waals surface area contributed by atoms with Gasteiger partial charge >= 0.3 is 5.97 Å². The second kappa shape index (κ2) is 13.1. The van der Waals surface area contributed by atoms with E-state index in [1.165, 1.54) is 5.06 Å². The molecule has 2 aromatic rings. The molecule has 1 aliphatic rings. The fraction of sp³-hybridized carbons (Fsp3) is 0.548. The van der Waals surface area contributed by atoms with Crippen LogP contribution in [-0.4, -0.2) is 43.0 Å². The van der Waals surface area contributed by atoms with Crippen molar-refractivity contribution in [1.82, 2.24) is 9.96 Å². The zero-order valence-electron chi connectivity index (χ0n) is 23.2. The zero-order chi connectivity index (χ0) is 26.9. The van der Waals surface area contributed by atoms with E-state index in [0.29, 0.717) is 18.2 Å². The molecule has 0 saturated heterocycles. The molecule has 0 N–H and O–H groups in total. The molecule has 1 atom stereocenters. The Morgan fingerprint density at radius 1 is 1.05 bits per heavy atom. The van der Waals surface area contributed by atoms with Gasteiger partial charge in [-0.2, -0.15) is 5.06 Å². The molecule has 1 saturated carbocycles. The van der Waals surface area contributed by atoms with E-state index in [4.69, 9.17) is 9.57 Å². The monoisotopic (exact) mass is 508 g/mol. The van der Waals surface area contributed by atoms with Gasteiger partial charge in [0.2, 0.25) is 6.41 Å². The molecule has 1 amide bonds. The molecule has 6 nitrogen and oxygen atoms in total. The molecule has 0 heterocycles. The fourth-order valence-electron chi connectivity index (χ4n) is 6.20. The van der Waals surface area contributed by atoms with Crippen LogP contribution in [0.3, 0.4) is 0 Å². The van der Waals surface area contributed by atoms with Gasteiger partial charge in [-0.15, -0.1) is 0 Å². The molecule has 0 radical (unpaired) electrons. The van der Waals surface area contributed by atoms with Crippen molar-refractivity contribution in [1.29, 1.82) is 0 Å². The lowest BCUT2D eigenvalue weighted by Gasteiger charge is -2.44. The summed E-state index contributed by atoms with van der Waals surface area (Å²) in [4.78, 5) is 33.4. The summed E-state index contributed by atoms with van der Waals surface area (Å²) in [6.07, 6.45) is 6.91. The third kappa shape index (κ3) is 7.13. The van der Waals surface area contributed by atoms with E-state index in [1.54, 1.807) is 0 Å². The second-order valence-corrected chi connectivity index (χ2v) is 11.0. The Bertz CT molecular complexity index is 991. The van der Waals surface area contributed by atoms with Crippen LogP contribution in [0.2, 0.25) is 0 Å². The summed E-state index contributed by atoms with van der Waals surface area (Å²) in [5.41, 5.74) is 1.64. The van der Waals surface area contributed by atoms with Gasteiger partial charge in [0.25, 0.3) is 0 Å². The number of hydrogen-bond acceptors (Lipinski definition) is 5. The summed E-state index contributed by atoms with van der Waals surface area (Å²) < 4.78 is 5.61. The first-order chi connectivity index (χ1) is 17.7. The molecule has 2 aromatic carbocycles. The maximum atomic E-state index is 12.9. The minimum absolute atomic E-state index is 0.140. The van der Waals surface area contributed by atoms with Gasteiger partial charge in [-0.3, -0.25) is 14.5 Å². The Morgan fingerprint density at radius 3 is 2.35 bits per heavy atom. The van der Waals surface area contributed by atoms with E-state index >= 15 is 0 Å². The van der Waals surface area contributed by atoms with Gasteiger partial charge in [0.1, 0.15) is 6.61 Å². The third-order valence-corrected chi connectivity index (χ3v) is 8.13. The Kier molecular flexibility index (Phi) is 10.2. The van der Waals surface area contributed by atoms with Crippen molar-refractivity contribution < 1.29 is 19.2 Å². The topological polar surface area (TPSA) is 59.1 Å². The average molecular weight is 509 g/mol. The largest absolute Gasteiger partial charge is 0.461 e. The van der Waals surface area contributed by atoms with Crippen LogP contribution in [0, 0.1) is 11.3 Å². The number of benzene rings is 2. The summed E-state index contributed by atoms with van der Waals surface area (Å²) in [7, 11) is 4.22. The van der Waals surface area contributed by atoms with Crippen molar-refractivity contribution in [2.75, 3.05) is 20.6 Å². The first-order valence-corrected chi connectivity index (χ1v) is 13.6. The average Bonchev–Trinajstić information content (AvgIpc) is 2.89. The number of amides is 1. The molecular formula is C31H44N2O4. The first-order valence-electron chi connectivity index (χ1n) is 13.6. The van der Waals surface area contributed by atoms with Crippen LogP contribution in [0.15, 0.2) is 54.6 Å². The Balaban J connectivity index is 1.74. The van der Waals surface area contributed by atoms with Gasteiger partial charge in [-0.05, 0) is 62.5 Å². The van der Waals surface area contributed by atoms with Gasteiger partial charge in [-0.25, -0.2) is 0 Å². The van der Waals surface area contributed by atoms with E-state index in [-0.39, 0.29) is 30.0 Å². The molecule has 202 valence electrons. The molecule has 1 fully saturated rings. The lowest BCUT2D eigenvalue weighted by molar-refractivity contribution is -0.157. The van der Waals surface area contributed by atoms with E-state index < -0.39 is 0 Å². The quantitative estimate of drug-likeness (QED) is 0.179. The Morgan fingerprint density at radius 2 is 1.76 bits per heavy atom. The SMILES string of the molecule is CC[C@@](c1cccc(ON(C=O)CC2(CC(=O)OCc3ccccc3)CCCCC2)c1)(C(C)C)N(C)C. The van der Waals surface area contributed by atoms with Crippen LogP contribution in [-0.2, 0) is 26.5 Å². The van der Waals surface area contributed by atoms with Crippen molar-refractivity contribution in [2.24, 2.45) is 11.3 Å². The summed E-state index contributed by atoms with van der Waals surface area (Å²) in [6, 6.07) is 17.8. The van der Waals surface area contributed by atoms with Crippen LogP contribution in [0.4, 0.5) is 0 Å². The highest BCUT2D eigenvalue weighted by Crippen LogP contribution is 2.41. The van der Waals surface area contributed by atoms with Crippen molar-refractivity contribution in [3.8, 4) is 5.75 Å².